The second-order valence-electron chi connectivity index (χ2n) is 8.81. The summed E-state index contributed by atoms with van der Waals surface area (Å²) in [5, 5.41) is 3.12. The van der Waals surface area contributed by atoms with E-state index in [2.05, 4.69) is 10.3 Å². The number of thiophene rings is 1. The van der Waals surface area contributed by atoms with E-state index in [1.807, 2.05) is 54.6 Å². The van der Waals surface area contributed by atoms with E-state index in [0.717, 1.165) is 40.7 Å². The third-order valence-corrected chi connectivity index (χ3v) is 9.69. The van der Waals surface area contributed by atoms with E-state index < -0.39 is 10.0 Å². The smallest absolute Gasteiger partial charge is 0.252 e. The van der Waals surface area contributed by atoms with Gasteiger partial charge in [-0.25, -0.2) is 13.4 Å². The number of carbonyl (C=O) groups excluding carboxylic acids is 1. The summed E-state index contributed by atoms with van der Waals surface area (Å²) in [6.07, 6.45) is 3.56. The molecule has 0 unspecified atom stereocenters. The number of nitrogens with one attached hydrogen (secondary N) is 2. The molecule has 0 radical (unpaired) electrons. The first-order chi connectivity index (χ1) is 17.0. The number of benzene rings is 2. The van der Waals surface area contributed by atoms with Crippen LogP contribution in [-0.4, -0.2) is 41.7 Å². The second kappa shape index (κ2) is 10.3. The van der Waals surface area contributed by atoms with Gasteiger partial charge in [-0.3, -0.25) is 4.79 Å². The summed E-state index contributed by atoms with van der Waals surface area (Å²) in [7, 11) is -3.49. The number of nitrogens with zero attached hydrogens (tertiary/aromatic N) is 2. The van der Waals surface area contributed by atoms with Crippen LogP contribution in [0.3, 0.4) is 0 Å². The highest BCUT2D eigenvalue weighted by atomic mass is 32.2. The zero-order chi connectivity index (χ0) is 24.3. The van der Waals surface area contributed by atoms with E-state index in [1.54, 1.807) is 16.4 Å². The summed E-state index contributed by atoms with van der Waals surface area (Å²) in [5.41, 5.74) is 2.85. The molecule has 3 heterocycles. The van der Waals surface area contributed by atoms with Crippen molar-refractivity contribution in [3.05, 3.63) is 83.0 Å². The van der Waals surface area contributed by atoms with Gasteiger partial charge in [0.1, 0.15) is 10.0 Å². The average molecular weight is 509 g/mol. The molecule has 9 heteroatoms. The lowest BCUT2D eigenvalue weighted by molar-refractivity contribution is -0.121. The number of hydrogen-bond donors (Lipinski definition) is 2. The molecule has 2 aromatic heterocycles. The molecule has 1 aliphatic rings. The van der Waals surface area contributed by atoms with Gasteiger partial charge in [0, 0.05) is 18.0 Å². The molecule has 5 rings (SSSR count). The van der Waals surface area contributed by atoms with Crippen molar-refractivity contribution < 1.29 is 13.2 Å². The summed E-state index contributed by atoms with van der Waals surface area (Å²) < 4.78 is 27.8. The fourth-order valence-corrected chi connectivity index (χ4v) is 7.46. The molecule has 4 aromatic rings. The predicted molar refractivity (Wildman–Crippen MR) is 138 cm³/mol. The largest absolute Gasteiger partial charge is 0.345 e. The van der Waals surface area contributed by atoms with Gasteiger partial charge in [-0.05, 0) is 49.1 Å². The van der Waals surface area contributed by atoms with Gasteiger partial charge >= 0.3 is 0 Å². The van der Waals surface area contributed by atoms with Crippen molar-refractivity contribution >= 4 is 38.3 Å². The minimum Gasteiger partial charge on any atom is -0.345 e. The molecule has 182 valence electrons. The number of para-hydroxylation sites is 2. The first kappa shape index (κ1) is 23.7. The maximum absolute atomic E-state index is 13.1. The Kier molecular flexibility index (Phi) is 6.99. The van der Waals surface area contributed by atoms with Gasteiger partial charge in [-0.2, -0.15) is 4.31 Å². The zero-order valence-corrected chi connectivity index (χ0v) is 20.9. The Morgan fingerprint density at radius 1 is 1.00 bits per heavy atom. The number of piperidine rings is 1. The van der Waals surface area contributed by atoms with E-state index in [1.165, 1.54) is 11.3 Å². The number of aromatic amines is 1. The Balaban J connectivity index is 1.32. The quantitative estimate of drug-likeness (QED) is 0.368. The fraction of sp³-hybridized carbons (Fsp3) is 0.308. The fourth-order valence-electron chi connectivity index (χ4n) is 4.43. The lowest BCUT2D eigenvalue weighted by Gasteiger charge is -2.25. The van der Waals surface area contributed by atoms with Crippen LogP contribution in [0.1, 0.15) is 41.6 Å². The molecule has 1 aliphatic heterocycles. The summed E-state index contributed by atoms with van der Waals surface area (Å²) in [6.45, 7) is 1.13. The highest BCUT2D eigenvalue weighted by Crippen LogP contribution is 2.28. The van der Waals surface area contributed by atoms with Crippen LogP contribution >= 0.6 is 11.3 Å². The van der Waals surface area contributed by atoms with Gasteiger partial charge in [0.25, 0.3) is 10.0 Å². The Labute approximate surface area is 209 Å². The first-order valence-corrected chi connectivity index (χ1v) is 14.1. The van der Waals surface area contributed by atoms with Gasteiger partial charge in [0.05, 0.1) is 23.5 Å². The topological polar surface area (TPSA) is 95.2 Å². The third kappa shape index (κ3) is 5.47. The van der Waals surface area contributed by atoms with Crippen molar-refractivity contribution in [1.82, 2.24) is 19.6 Å². The molecule has 0 saturated carbocycles. The molecule has 2 aromatic carbocycles. The van der Waals surface area contributed by atoms with Crippen molar-refractivity contribution in [1.29, 1.82) is 0 Å². The molecule has 7 nitrogen and oxygen atoms in total. The number of carbonyl (C=O) groups is 1. The van der Waals surface area contributed by atoms with E-state index >= 15 is 0 Å². The average Bonchev–Trinajstić information content (AvgIpc) is 3.52. The molecular weight excluding hydrogens is 480 g/mol. The van der Waals surface area contributed by atoms with Crippen LogP contribution in [0.5, 0.6) is 0 Å². The van der Waals surface area contributed by atoms with Crippen molar-refractivity contribution in [3.63, 3.8) is 0 Å². The number of amides is 1. The Hall–Kier alpha value is -3.01. The Bertz CT molecular complexity index is 1370. The van der Waals surface area contributed by atoms with Crippen molar-refractivity contribution in [2.75, 3.05) is 13.1 Å². The van der Waals surface area contributed by atoms with Gasteiger partial charge in [0.15, 0.2) is 0 Å². The van der Waals surface area contributed by atoms with Gasteiger partial charge in [0.2, 0.25) is 5.91 Å². The lowest BCUT2D eigenvalue weighted by Crippen LogP contribution is -2.35. The number of hydrogen-bond acceptors (Lipinski definition) is 5. The highest BCUT2D eigenvalue weighted by molar-refractivity contribution is 7.91. The number of rotatable bonds is 8. The second-order valence-corrected chi connectivity index (χ2v) is 12.1. The standard InChI is InChI=1S/C26H28N4O3S2/c31-24(18-20-13-14-25(34-20)35(32,33)30-15-7-2-8-16-30)27-23(17-19-9-3-1-4-10-19)26-28-21-11-5-6-12-22(21)29-26/h1,3-6,9-14,23H,2,7-8,15-18H2,(H,27,31)(H,28,29)/t23-/m0/s1. The van der Waals surface area contributed by atoms with Gasteiger partial charge in [-0.1, -0.05) is 48.9 Å². The third-order valence-electron chi connectivity index (χ3n) is 6.24. The Morgan fingerprint density at radius 3 is 2.51 bits per heavy atom. The monoisotopic (exact) mass is 508 g/mol. The van der Waals surface area contributed by atoms with Crippen LogP contribution in [0, 0.1) is 0 Å². The lowest BCUT2D eigenvalue weighted by atomic mass is 10.1. The van der Waals surface area contributed by atoms with E-state index in [0.29, 0.717) is 29.5 Å². The maximum Gasteiger partial charge on any atom is 0.252 e. The minimum absolute atomic E-state index is 0.117. The number of imidazole rings is 1. The molecule has 1 amide bonds. The zero-order valence-electron chi connectivity index (χ0n) is 19.3. The highest BCUT2D eigenvalue weighted by Gasteiger charge is 2.28. The first-order valence-electron chi connectivity index (χ1n) is 11.9. The van der Waals surface area contributed by atoms with Gasteiger partial charge < -0.3 is 10.3 Å². The summed E-state index contributed by atoms with van der Waals surface area (Å²) in [4.78, 5) is 21.8. The normalized spacial score (nSPS) is 15.8. The number of fused-ring (bicyclic) bond motifs is 1. The molecule has 0 spiro atoms. The summed E-state index contributed by atoms with van der Waals surface area (Å²) in [5.74, 6) is 0.526. The van der Waals surface area contributed by atoms with Crippen LogP contribution in [0.25, 0.3) is 11.0 Å². The van der Waals surface area contributed by atoms with Crippen LogP contribution in [0.4, 0.5) is 0 Å². The molecule has 1 atom stereocenters. The summed E-state index contributed by atoms with van der Waals surface area (Å²) >= 11 is 1.18. The number of sulfonamides is 1. The SMILES string of the molecule is O=C(Cc1ccc(S(=O)(=O)N2CCCCC2)s1)N[C@@H](Cc1ccccc1)c1nc2ccccc2[nH]1. The van der Waals surface area contributed by atoms with Crippen molar-refractivity contribution in [2.45, 2.75) is 42.4 Å². The van der Waals surface area contributed by atoms with E-state index in [9.17, 15) is 13.2 Å². The van der Waals surface area contributed by atoms with E-state index in [-0.39, 0.29) is 18.4 Å². The van der Waals surface area contributed by atoms with Crippen LogP contribution in [-0.2, 0) is 27.7 Å². The number of H-pyrrole nitrogens is 1. The van der Waals surface area contributed by atoms with Crippen molar-refractivity contribution in [2.24, 2.45) is 0 Å². The van der Waals surface area contributed by atoms with Crippen molar-refractivity contribution in [3.8, 4) is 0 Å². The van der Waals surface area contributed by atoms with Crippen LogP contribution in [0.2, 0.25) is 0 Å². The predicted octanol–water partition coefficient (Wildman–Crippen LogP) is 4.44. The Morgan fingerprint density at radius 2 is 1.74 bits per heavy atom. The molecule has 0 bridgehead atoms. The van der Waals surface area contributed by atoms with Crippen LogP contribution in [0.15, 0.2) is 70.9 Å². The van der Waals surface area contributed by atoms with E-state index in [4.69, 9.17) is 4.98 Å². The van der Waals surface area contributed by atoms with Crippen LogP contribution < -0.4 is 5.32 Å². The molecule has 1 saturated heterocycles. The molecule has 0 aliphatic carbocycles. The number of aromatic nitrogens is 2. The van der Waals surface area contributed by atoms with Gasteiger partial charge in [-0.15, -0.1) is 11.3 Å². The molecule has 1 fully saturated rings. The minimum atomic E-state index is -3.49. The molecule has 2 N–H and O–H groups in total. The maximum atomic E-state index is 13.1. The molecular formula is C26H28N4O3S2. The molecule has 35 heavy (non-hydrogen) atoms. The summed E-state index contributed by atoms with van der Waals surface area (Å²) in [6, 6.07) is 20.8.